The Kier molecular flexibility index (Phi) is 7.19. The highest BCUT2D eigenvalue weighted by Crippen LogP contribution is 2.40. The SMILES string of the molecule is CCOCCC1(CNC(=NC)NCc2cccs2)CCCC1. The number of nitrogens with one attached hydrogen (secondary N) is 2. The fraction of sp³-hybridized carbons (Fsp3) is 0.706. The van der Waals surface area contributed by atoms with Gasteiger partial charge in [-0.1, -0.05) is 18.9 Å². The monoisotopic (exact) mass is 323 g/mol. The summed E-state index contributed by atoms with van der Waals surface area (Å²) in [6.07, 6.45) is 6.43. The zero-order valence-corrected chi connectivity index (χ0v) is 14.7. The van der Waals surface area contributed by atoms with E-state index in [1.54, 1.807) is 11.3 Å². The van der Waals surface area contributed by atoms with Crippen molar-refractivity contribution in [1.29, 1.82) is 0 Å². The largest absolute Gasteiger partial charge is 0.382 e. The maximum atomic E-state index is 5.58. The van der Waals surface area contributed by atoms with Gasteiger partial charge in [0.1, 0.15) is 0 Å². The molecule has 0 atom stereocenters. The summed E-state index contributed by atoms with van der Waals surface area (Å²) in [4.78, 5) is 5.67. The molecule has 0 radical (unpaired) electrons. The molecule has 2 N–H and O–H groups in total. The normalized spacial score (nSPS) is 17.6. The van der Waals surface area contributed by atoms with Crippen LogP contribution in [0.25, 0.3) is 0 Å². The molecule has 1 saturated carbocycles. The highest BCUT2D eigenvalue weighted by molar-refractivity contribution is 7.09. The third kappa shape index (κ3) is 5.29. The molecule has 0 unspecified atom stereocenters. The van der Waals surface area contributed by atoms with E-state index in [4.69, 9.17) is 4.74 Å². The van der Waals surface area contributed by atoms with Gasteiger partial charge in [0.25, 0.3) is 0 Å². The van der Waals surface area contributed by atoms with Crippen molar-refractivity contribution in [3.8, 4) is 0 Å². The van der Waals surface area contributed by atoms with Crippen LogP contribution in [0, 0.1) is 5.41 Å². The molecule has 1 fully saturated rings. The van der Waals surface area contributed by atoms with E-state index in [0.717, 1.165) is 38.7 Å². The second-order valence-electron chi connectivity index (χ2n) is 6.01. The average molecular weight is 324 g/mol. The van der Waals surface area contributed by atoms with E-state index < -0.39 is 0 Å². The maximum Gasteiger partial charge on any atom is 0.191 e. The van der Waals surface area contributed by atoms with Gasteiger partial charge in [-0.2, -0.15) is 0 Å². The van der Waals surface area contributed by atoms with Crippen LogP contribution in [0.1, 0.15) is 43.9 Å². The zero-order chi connectivity index (χ0) is 15.7. The lowest BCUT2D eigenvalue weighted by Gasteiger charge is -2.30. The lowest BCUT2D eigenvalue weighted by atomic mass is 9.83. The van der Waals surface area contributed by atoms with Crippen molar-refractivity contribution in [3.63, 3.8) is 0 Å². The number of ether oxygens (including phenoxy) is 1. The molecule has 1 aliphatic carbocycles. The van der Waals surface area contributed by atoms with Crippen molar-refractivity contribution in [2.45, 2.75) is 45.6 Å². The van der Waals surface area contributed by atoms with Crippen molar-refractivity contribution < 1.29 is 4.74 Å². The molecule has 2 rings (SSSR count). The number of hydrogen-bond acceptors (Lipinski definition) is 3. The fourth-order valence-corrected chi connectivity index (χ4v) is 3.79. The lowest BCUT2D eigenvalue weighted by molar-refractivity contribution is 0.105. The van der Waals surface area contributed by atoms with Crippen LogP contribution < -0.4 is 10.6 Å². The smallest absolute Gasteiger partial charge is 0.191 e. The van der Waals surface area contributed by atoms with Crippen molar-refractivity contribution in [1.82, 2.24) is 10.6 Å². The van der Waals surface area contributed by atoms with Crippen molar-refractivity contribution in [2.75, 3.05) is 26.8 Å². The topological polar surface area (TPSA) is 45.6 Å². The van der Waals surface area contributed by atoms with E-state index >= 15 is 0 Å². The molecule has 0 aromatic carbocycles. The van der Waals surface area contributed by atoms with Crippen LogP contribution in [0.5, 0.6) is 0 Å². The van der Waals surface area contributed by atoms with Crippen LogP contribution in [0.15, 0.2) is 22.5 Å². The average Bonchev–Trinajstić information content (AvgIpc) is 3.20. The van der Waals surface area contributed by atoms with Gasteiger partial charge in [-0.15, -0.1) is 11.3 Å². The third-order valence-corrected chi connectivity index (χ3v) is 5.39. The molecule has 0 bridgehead atoms. The quantitative estimate of drug-likeness (QED) is 0.438. The van der Waals surface area contributed by atoms with Crippen molar-refractivity contribution in [3.05, 3.63) is 22.4 Å². The van der Waals surface area contributed by atoms with Crippen LogP contribution in [0.2, 0.25) is 0 Å². The number of guanidine groups is 1. The molecular weight excluding hydrogens is 294 g/mol. The van der Waals surface area contributed by atoms with E-state index in [1.165, 1.54) is 30.6 Å². The number of aliphatic imine (C=N–C) groups is 1. The molecule has 124 valence electrons. The molecule has 4 nitrogen and oxygen atoms in total. The Balaban J connectivity index is 1.79. The molecule has 1 heterocycles. The summed E-state index contributed by atoms with van der Waals surface area (Å²) in [7, 11) is 1.84. The van der Waals surface area contributed by atoms with Gasteiger partial charge in [0.15, 0.2) is 5.96 Å². The lowest BCUT2D eigenvalue weighted by Crippen LogP contribution is -2.43. The number of nitrogens with zero attached hydrogens (tertiary/aromatic N) is 1. The number of hydrogen-bond donors (Lipinski definition) is 2. The molecule has 0 spiro atoms. The standard InChI is InChI=1S/C17H29N3OS/c1-3-21-11-10-17(8-4-5-9-17)14-20-16(18-2)19-13-15-7-6-12-22-15/h6-7,12H,3-5,8-11,13-14H2,1-2H3,(H2,18,19,20). The second-order valence-corrected chi connectivity index (χ2v) is 7.04. The minimum atomic E-state index is 0.385. The zero-order valence-electron chi connectivity index (χ0n) is 13.9. The van der Waals surface area contributed by atoms with Crippen molar-refractivity contribution in [2.24, 2.45) is 10.4 Å². The summed E-state index contributed by atoms with van der Waals surface area (Å²) < 4.78 is 5.58. The van der Waals surface area contributed by atoms with Gasteiger partial charge in [-0.05, 0) is 43.0 Å². The van der Waals surface area contributed by atoms with Gasteiger partial charge >= 0.3 is 0 Å². The maximum absolute atomic E-state index is 5.58. The molecule has 5 heteroatoms. The fourth-order valence-electron chi connectivity index (χ4n) is 3.15. The van der Waals surface area contributed by atoms with E-state index in [1.807, 2.05) is 7.05 Å². The number of thiophene rings is 1. The van der Waals surface area contributed by atoms with Gasteiger partial charge in [0.2, 0.25) is 0 Å². The Hall–Kier alpha value is -1.07. The van der Waals surface area contributed by atoms with E-state index in [0.29, 0.717) is 5.41 Å². The molecule has 1 aromatic heterocycles. The van der Waals surface area contributed by atoms with Crippen LogP contribution in [0.3, 0.4) is 0 Å². The summed E-state index contributed by atoms with van der Waals surface area (Å²) in [6.45, 7) is 5.58. The Morgan fingerprint density at radius 3 is 2.82 bits per heavy atom. The van der Waals surface area contributed by atoms with Crippen LogP contribution in [-0.2, 0) is 11.3 Å². The Morgan fingerprint density at radius 1 is 1.36 bits per heavy atom. The Bertz CT molecular complexity index is 439. The van der Waals surface area contributed by atoms with Gasteiger partial charge < -0.3 is 15.4 Å². The summed E-state index contributed by atoms with van der Waals surface area (Å²) >= 11 is 1.77. The van der Waals surface area contributed by atoms with Gasteiger partial charge in [0.05, 0.1) is 6.54 Å². The highest BCUT2D eigenvalue weighted by Gasteiger charge is 2.33. The highest BCUT2D eigenvalue weighted by atomic mass is 32.1. The molecule has 0 saturated heterocycles. The van der Waals surface area contributed by atoms with Crippen molar-refractivity contribution >= 4 is 17.3 Å². The molecule has 0 aliphatic heterocycles. The number of rotatable bonds is 8. The first-order valence-electron chi connectivity index (χ1n) is 8.33. The molecular formula is C17H29N3OS. The predicted molar refractivity (Wildman–Crippen MR) is 94.5 cm³/mol. The molecule has 1 aliphatic rings. The van der Waals surface area contributed by atoms with E-state index in [2.05, 4.69) is 40.1 Å². The Labute approximate surface area is 138 Å². The molecule has 1 aromatic rings. The third-order valence-electron chi connectivity index (χ3n) is 4.51. The summed E-state index contributed by atoms with van der Waals surface area (Å²) in [6, 6.07) is 4.23. The first kappa shape index (κ1) is 17.3. The minimum Gasteiger partial charge on any atom is -0.382 e. The van der Waals surface area contributed by atoms with E-state index in [9.17, 15) is 0 Å². The van der Waals surface area contributed by atoms with Gasteiger partial charge in [-0.25, -0.2) is 0 Å². The first-order valence-corrected chi connectivity index (χ1v) is 9.20. The molecule has 22 heavy (non-hydrogen) atoms. The van der Waals surface area contributed by atoms with Gasteiger partial charge in [0, 0.05) is 31.7 Å². The van der Waals surface area contributed by atoms with Gasteiger partial charge in [-0.3, -0.25) is 4.99 Å². The summed E-state index contributed by atoms with van der Waals surface area (Å²) in [5, 5.41) is 9.03. The minimum absolute atomic E-state index is 0.385. The summed E-state index contributed by atoms with van der Waals surface area (Å²) in [5.41, 5.74) is 0.385. The van der Waals surface area contributed by atoms with E-state index in [-0.39, 0.29) is 0 Å². The van der Waals surface area contributed by atoms with Crippen LogP contribution in [0.4, 0.5) is 0 Å². The Morgan fingerprint density at radius 2 is 2.18 bits per heavy atom. The first-order chi connectivity index (χ1) is 10.8. The predicted octanol–water partition coefficient (Wildman–Crippen LogP) is 3.40. The van der Waals surface area contributed by atoms with Crippen LogP contribution in [-0.4, -0.2) is 32.8 Å². The van der Waals surface area contributed by atoms with Crippen LogP contribution >= 0.6 is 11.3 Å². The second kappa shape index (κ2) is 9.16. The summed E-state index contributed by atoms with van der Waals surface area (Å²) in [5.74, 6) is 0.899. The molecule has 0 amide bonds.